The zero-order valence-corrected chi connectivity index (χ0v) is 19.8. The standard InChI is InChI=1S/C26H27NO7/c1-24(2,3)34-23(30)27-26(14-31-25(4,5)32-15-26)11-10-16-6-8-18-21(12-16)33-20-9-7-17(28)13-19(20)22(18)29/h6-9,12-13,28H,14-15H2,1-5H3,(H,27,30). The molecule has 1 amide bonds. The Morgan fingerprint density at radius 2 is 1.76 bits per heavy atom. The first-order valence-corrected chi connectivity index (χ1v) is 10.9. The number of nitrogens with one attached hydrogen (secondary N) is 1. The fraction of sp³-hybridized carbons (Fsp3) is 0.385. The van der Waals surface area contributed by atoms with Crippen LogP contribution in [0.1, 0.15) is 40.2 Å². The number of fused-ring (bicyclic) bond motifs is 2. The number of benzene rings is 2. The van der Waals surface area contributed by atoms with Gasteiger partial charge >= 0.3 is 6.09 Å². The highest BCUT2D eigenvalue weighted by molar-refractivity contribution is 5.90. The van der Waals surface area contributed by atoms with E-state index in [0.717, 1.165) is 0 Å². The van der Waals surface area contributed by atoms with Crippen LogP contribution in [0.4, 0.5) is 4.79 Å². The summed E-state index contributed by atoms with van der Waals surface area (Å²) in [6.07, 6.45) is -0.632. The highest BCUT2D eigenvalue weighted by Gasteiger charge is 2.41. The summed E-state index contributed by atoms with van der Waals surface area (Å²) in [5.41, 5.74) is -0.755. The second kappa shape index (κ2) is 8.35. The number of alkyl carbamates (subject to hydrolysis) is 1. The normalized spacial score (nSPS) is 17.1. The fourth-order valence-electron chi connectivity index (χ4n) is 3.46. The summed E-state index contributed by atoms with van der Waals surface area (Å²) in [6.45, 7) is 9.09. The van der Waals surface area contributed by atoms with Gasteiger partial charge in [-0.05, 0) is 71.0 Å². The van der Waals surface area contributed by atoms with Gasteiger partial charge in [0.05, 0.1) is 24.0 Å². The summed E-state index contributed by atoms with van der Waals surface area (Å²) < 4.78 is 22.8. The number of carbonyl (C=O) groups excluding carboxylic acids is 1. The summed E-state index contributed by atoms with van der Waals surface area (Å²) in [5.74, 6) is 5.29. The molecule has 1 saturated heterocycles. The van der Waals surface area contributed by atoms with Gasteiger partial charge in [0.2, 0.25) is 5.43 Å². The van der Waals surface area contributed by atoms with E-state index in [9.17, 15) is 14.7 Å². The van der Waals surface area contributed by atoms with Crippen molar-refractivity contribution in [3.63, 3.8) is 0 Å². The predicted molar refractivity (Wildman–Crippen MR) is 127 cm³/mol. The van der Waals surface area contributed by atoms with Crippen molar-refractivity contribution in [3.05, 3.63) is 52.2 Å². The van der Waals surface area contributed by atoms with Gasteiger partial charge in [0.1, 0.15) is 22.5 Å². The lowest BCUT2D eigenvalue weighted by Gasteiger charge is -2.41. The molecule has 1 aliphatic heterocycles. The van der Waals surface area contributed by atoms with Crippen LogP contribution < -0.4 is 10.7 Å². The molecule has 0 unspecified atom stereocenters. The molecule has 0 aliphatic carbocycles. The summed E-state index contributed by atoms with van der Waals surface area (Å²) >= 11 is 0. The van der Waals surface area contributed by atoms with Crippen LogP contribution in [-0.2, 0) is 14.2 Å². The van der Waals surface area contributed by atoms with E-state index in [4.69, 9.17) is 18.6 Å². The molecular formula is C26H27NO7. The van der Waals surface area contributed by atoms with Crippen molar-refractivity contribution >= 4 is 28.0 Å². The van der Waals surface area contributed by atoms with Gasteiger partial charge in [-0.1, -0.05) is 11.8 Å². The van der Waals surface area contributed by atoms with Crippen molar-refractivity contribution in [3.8, 4) is 17.6 Å². The predicted octanol–water partition coefficient (Wildman–Crippen LogP) is 4.05. The number of amides is 1. The number of rotatable bonds is 1. The van der Waals surface area contributed by atoms with Crippen molar-refractivity contribution in [1.29, 1.82) is 0 Å². The fourth-order valence-corrected chi connectivity index (χ4v) is 3.46. The van der Waals surface area contributed by atoms with Crippen LogP contribution in [0.25, 0.3) is 21.9 Å². The van der Waals surface area contributed by atoms with Crippen molar-refractivity contribution in [2.45, 2.75) is 51.5 Å². The summed E-state index contributed by atoms with van der Waals surface area (Å²) in [6, 6.07) is 9.35. The average molecular weight is 466 g/mol. The third-order valence-corrected chi connectivity index (χ3v) is 5.17. The first kappa shape index (κ1) is 23.6. The number of ether oxygens (including phenoxy) is 3. The summed E-state index contributed by atoms with van der Waals surface area (Å²) in [4.78, 5) is 25.3. The Kier molecular flexibility index (Phi) is 5.80. The Bertz CT molecular complexity index is 1380. The Labute approximate surface area is 196 Å². The van der Waals surface area contributed by atoms with Crippen LogP contribution in [0.15, 0.2) is 45.6 Å². The van der Waals surface area contributed by atoms with E-state index in [-0.39, 0.29) is 24.4 Å². The third kappa shape index (κ3) is 5.16. The molecule has 0 radical (unpaired) electrons. The first-order valence-electron chi connectivity index (χ1n) is 10.9. The maximum absolute atomic E-state index is 12.8. The van der Waals surface area contributed by atoms with E-state index < -0.39 is 23.0 Å². The van der Waals surface area contributed by atoms with Gasteiger partial charge in [-0.25, -0.2) is 4.79 Å². The number of phenols is 1. The van der Waals surface area contributed by atoms with Crippen LogP contribution in [0.3, 0.4) is 0 Å². The van der Waals surface area contributed by atoms with Gasteiger partial charge in [0, 0.05) is 5.56 Å². The maximum Gasteiger partial charge on any atom is 0.409 e. The topological polar surface area (TPSA) is 107 Å². The zero-order chi connectivity index (χ0) is 24.7. The second-order valence-corrected chi connectivity index (χ2v) is 9.76. The minimum atomic E-state index is -1.13. The highest BCUT2D eigenvalue weighted by atomic mass is 16.7. The molecule has 2 aromatic carbocycles. The number of phenolic OH excluding ortho intramolecular Hbond substituents is 1. The molecular weight excluding hydrogens is 438 g/mol. The van der Waals surface area contributed by atoms with E-state index in [1.807, 2.05) is 0 Å². The minimum Gasteiger partial charge on any atom is -0.508 e. The Morgan fingerprint density at radius 3 is 2.44 bits per heavy atom. The smallest absolute Gasteiger partial charge is 0.409 e. The molecule has 0 bridgehead atoms. The molecule has 178 valence electrons. The lowest BCUT2D eigenvalue weighted by molar-refractivity contribution is -0.262. The van der Waals surface area contributed by atoms with Crippen LogP contribution in [0.5, 0.6) is 5.75 Å². The van der Waals surface area contributed by atoms with Crippen molar-refractivity contribution in [2.75, 3.05) is 13.2 Å². The van der Waals surface area contributed by atoms with Gasteiger partial charge < -0.3 is 29.1 Å². The largest absolute Gasteiger partial charge is 0.508 e. The lowest BCUT2D eigenvalue weighted by atomic mass is 10.00. The summed E-state index contributed by atoms with van der Waals surface area (Å²) in [7, 11) is 0. The number of hydrogen-bond donors (Lipinski definition) is 2. The van der Waals surface area contributed by atoms with Crippen molar-refractivity contribution in [1.82, 2.24) is 5.32 Å². The molecule has 2 N–H and O–H groups in total. The zero-order valence-electron chi connectivity index (χ0n) is 19.8. The number of aromatic hydroxyl groups is 1. The third-order valence-electron chi connectivity index (χ3n) is 5.17. The lowest BCUT2D eigenvalue weighted by Crippen LogP contribution is -2.60. The molecule has 4 rings (SSSR count). The van der Waals surface area contributed by atoms with E-state index in [0.29, 0.717) is 27.5 Å². The Hall–Kier alpha value is -3.54. The van der Waals surface area contributed by atoms with Crippen molar-refractivity contribution in [2.24, 2.45) is 0 Å². The quantitative estimate of drug-likeness (QED) is 0.412. The molecule has 34 heavy (non-hydrogen) atoms. The number of carbonyl (C=O) groups is 1. The molecule has 8 nitrogen and oxygen atoms in total. The highest BCUT2D eigenvalue weighted by Crippen LogP contribution is 2.25. The van der Waals surface area contributed by atoms with Gasteiger partial charge in [-0.15, -0.1) is 0 Å². The molecule has 1 fully saturated rings. The number of hydrogen-bond acceptors (Lipinski definition) is 7. The molecule has 8 heteroatoms. The summed E-state index contributed by atoms with van der Waals surface area (Å²) in [5, 5.41) is 13.1. The van der Waals surface area contributed by atoms with E-state index >= 15 is 0 Å². The van der Waals surface area contributed by atoms with E-state index in [1.54, 1.807) is 58.9 Å². The van der Waals surface area contributed by atoms with E-state index in [2.05, 4.69) is 17.2 Å². The van der Waals surface area contributed by atoms with Crippen LogP contribution in [-0.4, -0.2) is 41.3 Å². The molecule has 0 saturated carbocycles. The molecule has 0 atom stereocenters. The van der Waals surface area contributed by atoms with Crippen LogP contribution in [0, 0.1) is 11.8 Å². The average Bonchev–Trinajstić information content (AvgIpc) is 2.74. The second-order valence-electron chi connectivity index (χ2n) is 9.76. The maximum atomic E-state index is 12.8. The Morgan fingerprint density at radius 1 is 1.06 bits per heavy atom. The van der Waals surface area contributed by atoms with Crippen LogP contribution in [0.2, 0.25) is 0 Å². The Balaban J connectivity index is 1.69. The molecule has 1 aliphatic rings. The molecule has 3 aromatic rings. The molecule has 0 spiro atoms. The van der Waals surface area contributed by atoms with Gasteiger partial charge in [0.25, 0.3) is 0 Å². The van der Waals surface area contributed by atoms with Gasteiger partial charge in [-0.2, -0.15) is 0 Å². The first-order chi connectivity index (χ1) is 15.8. The van der Waals surface area contributed by atoms with Crippen molar-refractivity contribution < 1.29 is 28.5 Å². The van der Waals surface area contributed by atoms with E-state index in [1.165, 1.54) is 12.1 Å². The molecule has 1 aromatic heterocycles. The monoisotopic (exact) mass is 465 g/mol. The molecule has 2 heterocycles. The van der Waals surface area contributed by atoms with Gasteiger partial charge in [0.15, 0.2) is 11.3 Å². The van der Waals surface area contributed by atoms with Gasteiger partial charge in [-0.3, -0.25) is 4.79 Å². The van der Waals surface area contributed by atoms with Crippen LogP contribution >= 0.6 is 0 Å². The SMILES string of the molecule is CC(C)(C)OC(=O)NC1(C#Cc2ccc3c(=O)c4cc(O)ccc4oc3c2)COC(C)(C)OC1. The minimum absolute atomic E-state index is 0.00970.